The van der Waals surface area contributed by atoms with Crippen molar-refractivity contribution in [3.8, 4) is 17.2 Å². The maximum Gasteiger partial charge on any atom is 0.408 e. The molecular weight excluding hydrogens is 426 g/mol. The Morgan fingerprint density at radius 1 is 0.970 bits per heavy atom. The van der Waals surface area contributed by atoms with E-state index in [0.29, 0.717) is 28.4 Å². The van der Waals surface area contributed by atoms with Crippen LogP contribution in [0.15, 0.2) is 36.4 Å². The molecule has 33 heavy (non-hydrogen) atoms. The lowest BCUT2D eigenvalue weighted by molar-refractivity contribution is -0.157. The van der Waals surface area contributed by atoms with Gasteiger partial charge in [-0.1, -0.05) is 30.3 Å². The molecule has 0 spiro atoms. The summed E-state index contributed by atoms with van der Waals surface area (Å²) in [4.78, 5) is 25.5. The molecule has 1 unspecified atom stereocenters. The fraction of sp³-hybridized carbons (Fsp3) is 0.440. The van der Waals surface area contributed by atoms with E-state index in [1.165, 1.54) is 21.3 Å². The van der Waals surface area contributed by atoms with Crippen LogP contribution in [0.1, 0.15) is 37.5 Å². The van der Waals surface area contributed by atoms with Crippen molar-refractivity contribution in [1.82, 2.24) is 5.32 Å². The molecule has 0 aliphatic rings. The van der Waals surface area contributed by atoms with E-state index in [1.807, 2.05) is 37.3 Å². The van der Waals surface area contributed by atoms with E-state index in [1.54, 1.807) is 26.8 Å². The highest BCUT2D eigenvalue weighted by Gasteiger charge is 2.30. The predicted octanol–water partition coefficient (Wildman–Crippen LogP) is 4.20. The number of hydrogen-bond acceptors (Lipinski definition) is 7. The number of hydrogen-bond donors (Lipinski definition) is 1. The summed E-state index contributed by atoms with van der Waals surface area (Å²) >= 11 is 0. The zero-order valence-electron chi connectivity index (χ0n) is 20.3. The number of rotatable bonds is 9. The fourth-order valence-corrected chi connectivity index (χ4v) is 3.35. The van der Waals surface area contributed by atoms with E-state index < -0.39 is 23.7 Å². The van der Waals surface area contributed by atoms with Crippen LogP contribution in [0.25, 0.3) is 0 Å². The van der Waals surface area contributed by atoms with Crippen molar-refractivity contribution in [3.05, 3.63) is 53.1 Å². The van der Waals surface area contributed by atoms with Crippen LogP contribution in [0.2, 0.25) is 0 Å². The molecule has 2 rings (SSSR count). The van der Waals surface area contributed by atoms with Crippen molar-refractivity contribution in [3.63, 3.8) is 0 Å². The van der Waals surface area contributed by atoms with E-state index in [2.05, 4.69) is 5.32 Å². The minimum Gasteiger partial charge on any atom is -0.496 e. The molecule has 0 saturated heterocycles. The minimum absolute atomic E-state index is 0.0759. The quantitative estimate of drug-likeness (QED) is 0.562. The Kier molecular flexibility index (Phi) is 8.96. The third kappa shape index (κ3) is 7.30. The number of benzene rings is 2. The second-order valence-corrected chi connectivity index (χ2v) is 8.43. The lowest BCUT2D eigenvalue weighted by Gasteiger charge is -2.25. The van der Waals surface area contributed by atoms with Crippen LogP contribution in [-0.4, -0.2) is 45.0 Å². The van der Waals surface area contributed by atoms with E-state index >= 15 is 0 Å². The molecule has 0 fully saturated rings. The number of carbonyl (C=O) groups excluding carboxylic acids is 2. The molecule has 0 aromatic heterocycles. The van der Waals surface area contributed by atoms with Gasteiger partial charge < -0.3 is 29.0 Å². The van der Waals surface area contributed by atoms with Gasteiger partial charge in [0, 0.05) is 17.5 Å². The maximum atomic E-state index is 12.9. The van der Waals surface area contributed by atoms with Gasteiger partial charge in [0.2, 0.25) is 0 Å². The minimum atomic E-state index is -1.01. The molecule has 8 heteroatoms. The zero-order valence-corrected chi connectivity index (χ0v) is 20.3. The Bertz CT molecular complexity index is 951. The topological polar surface area (TPSA) is 92.3 Å². The molecule has 2 aromatic carbocycles. The van der Waals surface area contributed by atoms with E-state index in [9.17, 15) is 9.59 Å². The molecular formula is C25H33NO7. The van der Waals surface area contributed by atoms with Gasteiger partial charge in [-0.15, -0.1) is 0 Å². The van der Waals surface area contributed by atoms with E-state index in [4.69, 9.17) is 23.7 Å². The summed E-state index contributed by atoms with van der Waals surface area (Å²) < 4.78 is 27.3. The van der Waals surface area contributed by atoms with Crippen molar-refractivity contribution in [2.75, 3.05) is 21.3 Å². The van der Waals surface area contributed by atoms with Gasteiger partial charge in [-0.2, -0.15) is 0 Å². The van der Waals surface area contributed by atoms with Gasteiger partial charge in [0.25, 0.3) is 0 Å². The highest BCUT2D eigenvalue weighted by atomic mass is 16.6. The SMILES string of the molecule is COc1cc(CC(NC(=O)OCc2ccccc2)C(=O)OC(C)(C)C)c(OC)c(C)c1OC. The highest BCUT2D eigenvalue weighted by molar-refractivity contribution is 5.82. The number of ether oxygens (including phenoxy) is 5. The standard InChI is InChI=1S/C25H33NO7/c1-16-21(30-6)18(14-20(29-5)22(16)31-7)13-19(23(27)33-25(2,3)4)26-24(28)32-15-17-11-9-8-10-12-17/h8-12,14,19H,13,15H2,1-7H3,(H,26,28). The van der Waals surface area contributed by atoms with Crippen molar-refractivity contribution in [2.45, 2.75) is 52.4 Å². The van der Waals surface area contributed by atoms with Crippen LogP contribution in [0, 0.1) is 6.92 Å². The molecule has 1 amide bonds. The zero-order chi connectivity index (χ0) is 24.6. The molecule has 2 aromatic rings. The van der Waals surface area contributed by atoms with Gasteiger partial charge in [-0.05, 0) is 39.3 Å². The molecule has 0 bridgehead atoms. The lowest BCUT2D eigenvalue weighted by atomic mass is 10.0. The van der Waals surface area contributed by atoms with Gasteiger partial charge in [-0.25, -0.2) is 9.59 Å². The Hall–Kier alpha value is -3.42. The van der Waals surface area contributed by atoms with E-state index in [-0.39, 0.29) is 13.0 Å². The maximum absolute atomic E-state index is 12.9. The van der Waals surface area contributed by atoms with Crippen LogP contribution in [0.5, 0.6) is 17.2 Å². The summed E-state index contributed by atoms with van der Waals surface area (Å²) in [5.74, 6) is 0.955. The summed E-state index contributed by atoms with van der Waals surface area (Å²) in [6, 6.07) is 9.97. The molecule has 1 N–H and O–H groups in total. The first-order valence-corrected chi connectivity index (χ1v) is 10.6. The summed E-state index contributed by atoms with van der Waals surface area (Å²) in [6.45, 7) is 7.19. The van der Waals surface area contributed by atoms with Gasteiger partial charge in [0.05, 0.1) is 21.3 Å². The average Bonchev–Trinajstić information content (AvgIpc) is 2.76. The largest absolute Gasteiger partial charge is 0.496 e. The van der Waals surface area contributed by atoms with Crippen LogP contribution in [-0.2, 0) is 27.3 Å². The second-order valence-electron chi connectivity index (χ2n) is 8.43. The fourth-order valence-electron chi connectivity index (χ4n) is 3.35. The first-order chi connectivity index (χ1) is 15.6. The normalized spacial score (nSPS) is 11.8. The Morgan fingerprint density at radius 3 is 2.15 bits per heavy atom. The molecule has 180 valence electrons. The average molecular weight is 460 g/mol. The first-order valence-electron chi connectivity index (χ1n) is 10.6. The Labute approximate surface area is 195 Å². The number of nitrogens with one attached hydrogen (secondary N) is 1. The molecule has 0 aliphatic heterocycles. The number of amides is 1. The number of carbonyl (C=O) groups is 2. The third-order valence-corrected chi connectivity index (χ3v) is 4.75. The van der Waals surface area contributed by atoms with Crippen LogP contribution in [0.4, 0.5) is 4.79 Å². The first kappa shape index (κ1) is 25.8. The third-order valence-electron chi connectivity index (χ3n) is 4.75. The van der Waals surface area contributed by atoms with Crippen LogP contribution in [0.3, 0.4) is 0 Å². The van der Waals surface area contributed by atoms with Gasteiger partial charge in [-0.3, -0.25) is 0 Å². The van der Waals surface area contributed by atoms with Crippen LogP contribution >= 0.6 is 0 Å². The molecule has 0 saturated carbocycles. The summed E-state index contributed by atoms with van der Waals surface area (Å²) in [5.41, 5.74) is 1.46. The summed E-state index contributed by atoms with van der Waals surface area (Å²) in [7, 11) is 4.59. The van der Waals surface area contributed by atoms with Crippen LogP contribution < -0.4 is 19.5 Å². The van der Waals surface area contributed by atoms with Crippen molar-refractivity contribution < 1.29 is 33.3 Å². The molecule has 0 heterocycles. The second kappa shape index (κ2) is 11.4. The molecule has 0 radical (unpaired) electrons. The molecule has 0 aliphatic carbocycles. The van der Waals surface area contributed by atoms with Gasteiger partial charge in [0.15, 0.2) is 11.5 Å². The molecule has 8 nitrogen and oxygen atoms in total. The Balaban J connectivity index is 2.29. The highest BCUT2D eigenvalue weighted by Crippen LogP contribution is 2.40. The van der Waals surface area contributed by atoms with Gasteiger partial charge >= 0.3 is 12.1 Å². The number of alkyl carbamates (subject to hydrolysis) is 1. The molecule has 1 atom stereocenters. The Morgan fingerprint density at radius 2 is 1.61 bits per heavy atom. The van der Waals surface area contributed by atoms with Crippen molar-refractivity contribution in [1.29, 1.82) is 0 Å². The lowest BCUT2D eigenvalue weighted by Crippen LogP contribution is -2.45. The van der Waals surface area contributed by atoms with Gasteiger partial charge in [0.1, 0.15) is 24.0 Å². The number of esters is 1. The monoisotopic (exact) mass is 459 g/mol. The number of methoxy groups -OCH3 is 3. The summed E-state index contributed by atoms with van der Waals surface area (Å²) in [5, 5.41) is 2.63. The predicted molar refractivity (Wildman–Crippen MR) is 124 cm³/mol. The smallest absolute Gasteiger partial charge is 0.408 e. The summed E-state index contributed by atoms with van der Waals surface area (Å²) in [6.07, 6.45) is -0.634. The van der Waals surface area contributed by atoms with Crippen molar-refractivity contribution in [2.24, 2.45) is 0 Å². The van der Waals surface area contributed by atoms with E-state index in [0.717, 1.165) is 5.56 Å². The van der Waals surface area contributed by atoms with Crippen molar-refractivity contribution >= 4 is 12.1 Å².